The number of hydrogen-bond acceptors (Lipinski definition) is 6. The number of para-hydroxylation sites is 2. The summed E-state index contributed by atoms with van der Waals surface area (Å²) in [5, 5.41) is 6.99. The summed E-state index contributed by atoms with van der Waals surface area (Å²) in [6.45, 7) is 4.76. The summed E-state index contributed by atoms with van der Waals surface area (Å²) < 4.78 is 5.45. The Morgan fingerprint density at radius 2 is 1.82 bits per heavy atom. The van der Waals surface area contributed by atoms with Gasteiger partial charge in [0.25, 0.3) is 11.8 Å². The van der Waals surface area contributed by atoms with Crippen molar-refractivity contribution >= 4 is 40.1 Å². The number of amidine groups is 1. The number of aliphatic imine (C=N–C) groups is 1. The first kappa shape index (κ1) is 26.6. The number of rotatable bonds is 7. The van der Waals surface area contributed by atoms with E-state index in [2.05, 4.69) is 22.5 Å². The SMILES string of the molecule is CCc1ccc(C(=O)Nc2cccc(C3C(C(=O)Nc4ccccc4OC)=C(C)N=C4SCCCN43)c2)cc1. The molecule has 2 aliphatic heterocycles. The topological polar surface area (TPSA) is 83.0 Å². The van der Waals surface area contributed by atoms with Gasteiger partial charge in [-0.25, -0.2) is 4.99 Å². The highest BCUT2D eigenvalue weighted by atomic mass is 32.2. The number of nitrogens with one attached hydrogen (secondary N) is 2. The predicted octanol–water partition coefficient (Wildman–Crippen LogP) is 6.27. The number of thioether (sulfide) groups is 1. The Labute approximate surface area is 233 Å². The zero-order valence-corrected chi connectivity index (χ0v) is 23.2. The van der Waals surface area contributed by atoms with Gasteiger partial charge < -0.3 is 20.3 Å². The molecule has 3 aromatic rings. The van der Waals surface area contributed by atoms with Crippen LogP contribution in [0.25, 0.3) is 0 Å². The molecule has 1 saturated heterocycles. The molecular weight excluding hydrogens is 508 g/mol. The van der Waals surface area contributed by atoms with Gasteiger partial charge >= 0.3 is 0 Å². The number of nitrogens with zero attached hydrogens (tertiary/aromatic N) is 2. The van der Waals surface area contributed by atoms with Crippen LogP contribution >= 0.6 is 11.8 Å². The predicted molar refractivity (Wildman–Crippen MR) is 158 cm³/mol. The minimum atomic E-state index is -0.347. The molecule has 7 nitrogen and oxygen atoms in total. The molecule has 2 amide bonds. The Kier molecular flexibility index (Phi) is 8.02. The normalized spacial score (nSPS) is 16.7. The smallest absolute Gasteiger partial charge is 0.255 e. The van der Waals surface area contributed by atoms with Gasteiger partial charge in [0, 0.05) is 23.5 Å². The van der Waals surface area contributed by atoms with Gasteiger partial charge in [-0.05, 0) is 67.3 Å². The number of anilines is 2. The van der Waals surface area contributed by atoms with Crippen molar-refractivity contribution < 1.29 is 14.3 Å². The van der Waals surface area contributed by atoms with Crippen molar-refractivity contribution in [3.63, 3.8) is 0 Å². The zero-order chi connectivity index (χ0) is 27.4. The molecular formula is C31H32N4O3S. The van der Waals surface area contributed by atoms with Crippen LogP contribution in [0.1, 0.15) is 47.8 Å². The molecule has 2 heterocycles. The molecule has 2 aliphatic rings. The fraction of sp³-hybridized carbons (Fsp3) is 0.258. The van der Waals surface area contributed by atoms with Crippen LogP contribution in [0.4, 0.5) is 11.4 Å². The fourth-order valence-electron chi connectivity index (χ4n) is 4.92. The number of fused-ring (bicyclic) bond motifs is 1. The Balaban J connectivity index is 1.47. The van der Waals surface area contributed by atoms with E-state index in [0.29, 0.717) is 34.0 Å². The zero-order valence-electron chi connectivity index (χ0n) is 22.4. The van der Waals surface area contributed by atoms with Gasteiger partial charge in [-0.2, -0.15) is 0 Å². The number of methoxy groups -OCH3 is 1. The number of allylic oxidation sites excluding steroid dienone is 1. The van der Waals surface area contributed by atoms with Crippen molar-refractivity contribution in [2.45, 2.75) is 32.7 Å². The molecule has 3 aromatic carbocycles. The summed E-state index contributed by atoms with van der Waals surface area (Å²) in [7, 11) is 1.58. The lowest BCUT2D eigenvalue weighted by Gasteiger charge is -2.41. The van der Waals surface area contributed by atoms with Crippen LogP contribution in [-0.2, 0) is 11.2 Å². The monoisotopic (exact) mass is 540 g/mol. The van der Waals surface area contributed by atoms with E-state index < -0.39 is 0 Å². The average molecular weight is 541 g/mol. The van der Waals surface area contributed by atoms with E-state index in [0.717, 1.165) is 35.9 Å². The number of carbonyl (C=O) groups excluding carboxylic acids is 2. The molecule has 0 saturated carbocycles. The van der Waals surface area contributed by atoms with Crippen LogP contribution in [0.3, 0.4) is 0 Å². The minimum Gasteiger partial charge on any atom is -0.495 e. The second kappa shape index (κ2) is 11.8. The first-order chi connectivity index (χ1) is 19.0. The van der Waals surface area contributed by atoms with E-state index in [9.17, 15) is 9.59 Å². The first-order valence-electron chi connectivity index (χ1n) is 13.1. The molecule has 200 valence electrons. The van der Waals surface area contributed by atoms with Crippen LogP contribution < -0.4 is 15.4 Å². The molecule has 0 aromatic heterocycles. The maximum absolute atomic E-state index is 13.8. The maximum atomic E-state index is 13.8. The summed E-state index contributed by atoms with van der Waals surface area (Å²) in [6, 6.07) is 22.4. The Morgan fingerprint density at radius 3 is 2.59 bits per heavy atom. The Bertz CT molecular complexity index is 1450. The molecule has 0 bridgehead atoms. The highest BCUT2D eigenvalue weighted by molar-refractivity contribution is 8.13. The number of ether oxygens (including phenoxy) is 1. The van der Waals surface area contributed by atoms with E-state index in [4.69, 9.17) is 9.73 Å². The van der Waals surface area contributed by atoms with Gasteiger partial charge in [0.05, 0.1) is 30.1 Å². The van der Waals surface area contributed by atoms with Gasteiger partial charge in [0.15, 0.2) is 5.17 Å². The van der Waals surface area contributed by atoms with Crippen molar-refractivity contribution in [2.24, 2.45) is 4.99 Å². The van der Waals surface area contributed by atoms with Crippen molar-refractivity contribution in [1.29, 1.82) is 0 Å². The number of carbonyl (C=O) groups is 2. The third kappa shape index (κ3) is 5.71. The van der Waals surface area contributed by atoms with Crippen molar-refractivity contribution in [2.75, 3.05) is 30.0 Å². The van der Waals surface area contributed by atoms with Gasteiger partial charge in [-0.3, -0.25) is 9.59 Å². The molecule has 0 spiro atoms. The molecule has 0 radical (unpaired) electrons. The maximum Gasteiger partial charge on any atom is 0.255 e. The lowest BCUT2D eigenvalue weighted by molar-refractivity contribution is -0.113. The van der Waals surface area contributed by atoms with Crippen LogP contribution in [0.5, 0.6) is 5.75 Å². The quantitative estimate of drug-likeness (QED) is 0.369. The highest BCUT2D eigenvalue weighted by Crippen LogP contribution is 2.40. The Hall–Kier alpha value is -4.04. The Morgan fingerprint density at radius 1 is 1.03 bits per heavy atom. The second-order valence-corrected chi connectivity index (χ2v) is 10.5. The largest absolute Gasteiger partial charge is 0.495 e. The molecule has 0 aliphatic carbocycles. The van der Waals surface area contributed by atoms with Crippen LogP contribution in [0.2, 0.25) is 0 Å². The number of amides is 2. The lowest BCUT2D eigenvalue weighted by Crippen LogP contribution is -2.43. The minimum absolute atomic E-state index is 0.171. The van der Waals surface area contributed by atoms with E-state index >= 15 is 0 Å². The molecule has 8 heteroatoms. The second-order valence-electron chi connectivity index (χ2n) is 9.48. The van der Waals surface area contributed by atoms with Gasteiger partial charge in [0.1, 0.15) is 5.75 Å². The van der Waals surface area contributed by atoms with Crippen molar-refractivity contribution in [3.05, 3.63) is 101 Å². The first-order valence-corrected chi connectivity index (χ1v) is 14.1. The highest BCUT2D eigenvalue weighted by Gasteiger charge is 2.37. The van der Waals surface area contributed by atoms with Gasteiger partial charge in [-0.15, -0.1) is 0 Å². The summed E-state index contributed by atoms with van der Waals surface area (Å²) >= 11 is 1.71. The fourth-order valence-corrected chi connectivity index (χ4v) is 5.94. The van der Waals surface area contributed by atoms with E-state index in [-0.39, 0.29) is 17.9 Å². The van der Waals surface area contributed by atoms with E-state index in [1.807, 2.05) is 79.7 Å². The van der Waals surface area contributed by atoms with Crippen molar-refractivity contribution in [1.82, 2.24) is 4.90 Å². The van der Waals surface area contributed by atoms with Gasteiger partial charge in [0.2, 0.25) is 0 Å². The van der Waals surface area contributed by atoms with E-state index in [1.165, 1.54) is 5.56 Å². The number of benzene rings is 3. The van der Waals surface area contributed by atoms with E-state index in [1.54, 1.807) is 18.9 Å². The summed E-state index contributed by atoms with van der Waals surface area (Å²) in [4.78, 5) is 33.8. The summed E-state index contributed by atoms with van der Waals surface area (Å²) in [5.41, 5.74) is 5.22. The van der Waals surface area contributed by atoms with Crippen LogP contribution in [0, 0.1) is 0 Å². The number of hydrogen-bond donors (Lipinski definition) is 2. The average Bonchev–Trinajstić information content (AvgIpc) is 2.96. The molecule has 39 heavy (non-hydrogen) atoms. The summed E-state index contributed by atoms with van der Waals surface area (Å²) in [6.07, 6.45) is 1.91. The lowest BCUT2D eigenvalue weighted by atomic mass is 9.93. The molecule has 5 rings (SSSR count). The van der Waals surface area contributed by atoms with Crippen LogP contribution in [0.15, 0.2) is 89.1 Å². The standard InChI is InChI=1S/C31H32N4O3S/c1-4-21-13-15-22(16-14-21)29(36)33-24-10-7-9-23(19-24)28-27(20(2)32-31-35(28)17-8-18-39-31)30(37)34-25-11-5-6-12-26(25)38-3/h5-7,9-16,19,28H,4,8,17-18H2,1-3H3,(H,33,36)(H,34,37). The molecule has 1 fully saturated rings. The van der Waals surface area contributed by atoms with Gasteiger partial charge in [-0.1, -0.05) is 55.1 Å². The van der Waals surface area contributed by atoms with Crippen molar-refractivity contribution in [3.8, 4) is 5.75 Å². The third-order valence-electron chi connectivity index (χ3n) is 6.94. The number of aryl methyl sites for hydroxylation is 1. The third-order valence-corrected chi connectivity index (χ3v) is 8.02. The van der Waals surface area contributed by atoms with Crippen LogP contribution in [-0.4, -0.2) is 41.3 Å². The molecule has 1 atom stereocenters. The summed E-state index contributed by atoms with van der Waals surface area (Å²) in [5.74, 6) is 1.18. The molecule has 2 N–H and O–H groups in total. The molecule has 1 unspecified atom stereocenters.